The maximum absolute atomic E-state index is 12.6. The van der Waals surface area contributed by atoms with Crippen molar-refractivity contribution in [3.05, 3.63) is 17.5 Å². The van der Waals surface area contributed by atoms with Crippen molar-refractivity contribution in [2.75, 3.05) is 44.3 Å². The van der Waals surface area contributed by atoms with Gasteiger partial charge in [0.15, 0.2) is 5.79 Å². The van der Waals surface area contributed by atoms with Gasteiger partial charge in [0.1, 0.15) is 5.69 Å². The van der Waals surface area contributed by atoms with Crippen LogP contribution >= 0.6 is 0 Å². The van der Waals surface area contributed by atoms with E-state index in [-0.39, 0.29) is 5.91 Å². The molecule has 7 nitrogen and oxygen atoms in total. The molecule has 4 rings (SSSR count). The summed E-state index contributed by atoms with van der Waals surface area (Å²) >= 11 is 0. The number of carbonyl (C=O) groups is 1. The fraction of sp³-hybridized carbons (Fsp3) is 0.706. The molecule has 3 saturated heterocycles. The average Bonchev–Trinajstić information content (AvgIpc) is 3.27. The van der Waals surface area contributed by atoms with Crippen LogP contribution in [0.5, 0.6) is 0 Å². The molecule has 4 heterocycles. The van der Waals surface area contributed by atoms with Gasteiger partial charge in [-0.1, -0.05) is 0 Å². The van der Waals surface area contributed by atoms with Crippen LogP contribution in [-0.2, 0) is 9.47 Å². The Kier molecular flexibility index (Phi) is 4.14. The summed E-state index contributed by atoms with van der Waals surface area (Å²) < 4.78 is 11.5. The predicted octanol–water partition coefficient (Wildman–Crippen LogP) is 1.36. The van der Waals surface area contributed by atoms with Gasteiger partial charge in [-0.05, 0) is 25.8 Å². The summed E-state index contributed by atoms with van der Waals surface area (Å²) in [4.78, 5) is 25.7. The first-order valence-electron chi connectivity index (χ1n) is 8.83. The third-order valence-corrected chi connectivity index (χ3v) is 5.08. The molecule has 1 aromatic heterocycles. The van der Waals surface area contributed by atoms with E-state index >= 15 is 0 Å². The Morgan fingerprint density at radius 1 is 1.08 bits per heavy atom. The smallest absolute Gasteiger partial charge is 0.272 e. The van der Waals surface area contributed by atoms with Gasteiger partial charge in [-0.3, -0.25) is 4.79 Å². The van der Waals surface area contributed by atoms with Gasteiger partial charge in [-0.2, -0.15) is 0 Å². The van der Waals surface area contributed by atoms with Crippen molar-refractivity contribution >= 4 is 11.9 Å². The molecule has 0 unspecified atom stereocenters. The number of aryl methyl sites for hydroxylation is 1. The molecule has 0 aliphatic carbocycles. The second-order valence-corrected chi connectivity index (χ2v) is 6.79. The van der Waals surface area contributed by atoms with E-state index in [1.54, 1.807) is 6.07 Å². The van der Waals surface area contributed by atoms with E-state index in [0.29, 0.717) is 24.9 Å². The average molecular weight is 332 g/mol. The first-order valence-corrected chi connectivity index (χ1v) is 8.83. The molecule has 1 aromatic rings. The fourth-order valence-corrected chi connectivity index (χ4v) is 3.72. The molecule has 0 bridgehead atoms. The SMILES string of the molecule is Cc1cc(C(=O)N2CCCC2)nc(N2CCC3(CC2)OCCO3)n1. The zero-order valence-corrected chi connectivity index (χ0v) is 14.2. The van der Waals surface area contributed by atoms with Gasteiger partial charge in [0.25, 0.3) is 5.91 Å². The minimum Gasteiger partial charge on any atom is -0.347 e. The molecule has 0 atom stereocenters. The van der Waals surface area contributed by atoms with Crippen molar-refractivity contribution in [3.63, 3.8) is 0 Å². The van der Waals surface area contributed by atoms with Crippen LogP contribution in [0.15, 0.2) is 6.07 Å². The molecular weight excluding hydrogens is 308 g/mol. The molecule has 24 heavy (non-hydrogen) atoms. The number of amides is 1. The Labute approximate surface area is 142 Å². The van der Waals surface area contributed by atoms with Gasteiger partial charge in [-0.15, -0.1) is 0 Å². The van der Waals surface area contributed by atoms with E-state index in [9.17, 15) is 4.79 Å². The minimum absolute atomic E-state index is 0.0233. The molecule has 0 N–H and O–H groups in total. The lowest BCUT2D eigenvalue weighted by Crippen LogP contribution is -2.46. The molecule has 0 saturated carbocycles. The summed E-state index contributed by atoms with van der Waals surface area (Å²) in [6.07, 6.45) is 3.77. The molecule has 1 spiro atoms. The summed E-state index contributed by atoms with van der Waals surface area (Å²) in [6, 6.07) is 1.79. The van der Waals surface area contributed by atoms with Crippen LogP contribution in [0.25, 0.3) is 0 Å². The van der Waals surface area contributed by atoms with Crippen LogP contribution in [0.4, 0.5) is 5.95 Å². The highest BCUT2D eigenvalue weighted by molar-refractivity contribution is 5.92. The fourth-order valence-electron chi connectivity index (χ4n) is 3.72. The highest BCUT2D eigenvalue weighted by Crippen LogP contribution is 2.32. The van der Waals surface area contributed by atoms with Crippen LogP contribution in [0.1, 0.15) is 41.9 Å². The van der Waals surface area contributed by atoms with E-state index in [2.05, 4.69) is 14.9 Å². The van der Waals surface area contributed by atoms with Gasteiger partial charge < -0.3 is 19.3 Å². The normalized spacial score (nSPS) is 23.2. The Hall–Kier alpha value is -1.73. The van der Waals surface area contributed by atoms with Crippen LogP contribution in [0.3, 0.4) is 0 Å². The summed E-state index contributed by atoms with van der Waals surface area (Å²) in [5.41, 5.74) is 1.34. The lowest BCUT2D eigenvalue weighted by molar-refractivity contribution is -0.169. The number of aromatic nitrogens is 2. The molecule has 0 aromatic carbocycles. The van der Waals surface area contributed by atoms with Gasteiger partial charge in [0.2, 0.25) is 5.95 Å². The van der Waals surface area contributed by atoms with Crippen molar-refractivity contribution < 1.29 is 14.3 Å². The van der Waals surface area contributed by atoms with Crippen LogP contribution in [0.2, 0.25) is 0 Å². The van der Waals surface area contributed by atoms with Crippen molar-refractivity contribution in [2.45, 2.75) is 38.4 Å². The van der Waals surface area contributed by atoms with E-state index in [1.165, 1.54) is 0 Å². The zero-order chi connectivity index (χ0) is 16.6. The first kappa shape index (κ1) is 15.8. The van der Waals surface area contributed by atoms with Crippen LogP contribution in [-0.4, -0.2) is 66.0 Å². The quantitative estimate of drug-likeness (QED) is 0.815. The molecule has 1 amide bonds. The van der Waals surface area contributed by atoms with Crippen molar-refractivity contribution in [2.24, 2.45) is 0 Å². The summed E-state index contributed by atoms with van der Waals surface area (Å²) in [5.74, 6) is 0.259. The van der Waals surface area contributed by atoms with E-state index < -0.39 is 5.79 Å². The van der Waals surface area contributed by atoms with Crippen molar-refractivity contribution in [1.82, 2.24) is 14.9 Å². The van der Waals surface area contributed by atoms with Gasteiger partial charge in [-0.25, -0.2) is 9.97 Å². The van der Waals surface area contributed by atoms with Gasteiger partial charge in [0, 0.05) is 44.7 Å². The Morgan fingerprint density at radius 2 is 1.75 bits per heavy atom. The molecule has 3 aliphatic heterocycles. The maximum Gasteiger partial charge on any atom is 0.272 e. The Bertz CT molecular complexity index is 614. The summed E-state index contributed by atoms with van der Waals surface area (Å²) in [6.45, 7) is 6.49. The molecule has 130 valence electrons. The van der Waals surface area contributed by atoms with Crippen LogP contribution in [0, 0.1) is 6.92 Å². The van der Waals surface area contributed by atoms with E-state index in [0.717, 1.165) is 57.6 Å². The number of hydrogen-bond acceptors (Lipinski definition) is 6. The second kappa shape index (κ2) is 6.29. The lowest BCUT2D eigenvalue weighted by atomic mass is 10.0. The molecule has 3 fully saturated rings. The number of hydrogen-bond donors (Lipinski definition) is 0. The number of ether oxygens (including phenoxy) is 2. The minimum atomic E-state index is -0.408. The summed E-state index contributed by atoms with van der Waals surface area (Å²) in [5, 5.41) is 0. The first-order chi connectivity index (χ1) is 11.7. The van der Waals surface area contributed by atoms with Gasteiger partial charge >= 0.3 is 0 Å². The third-order valence-electron chi connectivity index (χ3n) is 5.08. The van der Waals surface area contributed by atoms with Crippen molar-refractivity contribution in [3.8, 4) is 0 Å². The number of likely N-dealkylation sites (tertiary alicyclic amines) is 1. The van der Waals surface area contributed by atoms with Crippen LogP contribution < -0.4 is 4.90 Å². The summed E-state index contributed by atoms with van der Waals surface area (Å²) in [7, 11) is 0. The Balaban J connectivity index is 1.50. The zero-order valence-electron chi connectivity index (χ0n) is 14.2. The highest BCUT2D eigenvalue weighted by atomic mass is 16.7. The van der Waals surface area contributed by atoms with E-state index in [4.69, 9.17) is 9.47 Å². The predicted molar refractivity (Wildman–Crippen MR) is 88.0 cm³/mol. The van der Waals surface area contributed by atoms with Crippen molar-refractivity contribution in [1.29, 1.82) is 0 Å². The number of piperidine rings is 1. The monoisotopic (exact) mass is 332 g/mol. The number of anilines is 1. The highest BCUT2D eigenvalue weighted by Gasteiger charge is 2.40. The molecular formula is C17H24N4O3. The number of carbonyl (C=O) groups excluding carboxylic acids is 1. The third kappa shape index (κ3) is 2.98. The second-order valence-electron chi connectivity index (χ2n) is 6.79. The largest absolute Gasteiger partial charge is 0.347 e. The lowest BCUT2D eigenvalue weighted by Gasteiger charge is -2.37. The van der Waals surface area contributed by atoms with E-state index in [1.807, 2.05) is 11.8 Å². The topological polar surface area (TPSA) is 67.8 Å². The maximum atomic E-state index is 12.6. The van der Waals surface area contributed by atoms with Gasteiger partial charge in [0.05, 0.1) is 13.2 Å². The molecule has 3 aliphatic rings. The Morgan fingerprint density at radius 3 is 2.42 bits per heavy atom. The standard InChI is InChI=1S/C17H24N4O3/c1-13-12-14(15(22)20-6-2-3-7-20)19-16(18-13)21-8-4-17(5-9-21)23-10-11-24-17/h12H,2-11H2,1H3. The molecule has 0 radical (unpaired) electrons. The number of nitrogens with zero attached hydrogens (tertiary/aromatic N) is 4. The molecule has 7 heteroatoms. The number of rotatable bonds is 2.